The van der Waals surface area contributed by atoms with E-state index in [1.807, 2.05) is 24.3 Å². The van der Waals surface area contributed by atoms with Crippen LogP contribution in [-0.4, -0.2) is 5.91 Å². The van der Waals surface area contributed by atoms with Crippen LogP contribution in [0.1, 0.15) is 50.7 Å². The molecule has 0 aromatic heterocycles. The minimum atomic E-state index is 0.131. The highest BCUT2D eigenvalue weighted by Gasteiger charge is 2.36. The van der Waals surface area contributed by atoms with Gasteiger partial charge < -0.3 is 11.1 Å². The van der Waals surface area contributed by atoms with Gasteiger partial charge in [-0.25, -0.2) is 0 Å². The average molecular weight is 274 g/mol. The van der Waals surface area contributed by atoms with Crippen LogP contribution in [-0.2, 0) is 17.9 Å². The molecule has 1 unspecified atom stereocenters. The van der Waals surface area contributed by atoms with Gasteiger partial charge in [-0.2, -0.15) is 0 Å². The molecule has 3 heteroatoms. The molecule has 1 aromatic rings. The van der Waals surface area contributed by atoms with Crippen molar-refractivity contribution in [3.8, 4) is 0 Å². The number of carbonyl (C=O) groups excluding carboxylic acids is 1. The Balaban J connectivity index is 1.90. The van der Waals surface area contributed by atoms with Crippen molar-refractivity contribution in [2.24, 2.45) is 17.1 Å². The summed E-state index contributed by atoms with van der Waals surface area (Å²) >= 11 is 0. The number of hydrogen-bond donors (Lipinski definition) is 2. The first-order valence-corrected chi connectivity index (χ1v) is 7.58. The molecule has 110 valence electrons. The minimum absolute atomic E-state index is 0.131. The third-order valence-corrected chi connectivity index (χ3v) is 4.55. The molecule has 1 fully saturated rings. The van der Waals surface area contributed by atoms with Crippen molar-refractivity contribution < 1.29 is 4.79 Å². The van der Waals surface area contributed by atoms with E-state index in [1.165, 1.54) is 12.8 Å². The van der Waals surface area contributed by atoms with Crippen LogP contribution in [0.15, 0.2) is 24.3 Å². The molecule has 0 spiro atoms. The zero-order valence-electron chi connectivity index (χ0n) is 12.6. The monoisotopic (exact) mass is 274 g/mol. The summed E-state index contributed by atoms with van der Waals surface area (Å²) in [6.45, 7) is 5.60. The van der Waals surface area contributed by atoms with Crippen molar-refractivity contribution in [2.75, 3.05) is 0 Å². The number of nitrogens with one attached hydrogen (secondary N) is 1. The lowest BCUT2D eigenvalue weighted by Crippen LogP contribution is -2.40. The Morgan fingerprint density at radius 1 is 1.25 bits per heavy atom. The first-order chi connectivity index (χ1) is 9.53. The lowest BCUT2D eigenvalue weighted by Gasteiger charge is -2.37. The molecule has 1 aliphatic rings. The van der Waals surface area contributed by atoms with E-state index >= 15 is 0 Å². The van der Waals surface area contributed by atoms with E-state index in [1.54, 1.807) is 0 Å². The lowest BCUT2D eigenvalue weighted by molar-refractivity contribution is -0.130. The standard InChI is InChI=1S/C17H26N2O/c1-17(2)10-4-3-5-15(17)16(20)19-12-14-8-6-13(11-18)7-9-14/h6-9,15H,3-5,10-12,18H2,1-2H3,(H,19,20). The molecule has 0 heterocycles. The van der Waals surface area contributed by atoms with Crippen molar-refractivity contribution in [2.45, 2.75) is 52.6 Å². The molecule has 2 rings (SSSR count). The minimum Gasteiger partial charge on any atom is -0.352 e. The molecule has 0 bridgehead atoms. The molecule has 1 aliphatic carbocycles. The van der Waals surface area contributed by atoms with E-state index < -0.39 is 0 Å². The van der Waals surface area contributed by atoms with Crippen molar-refractivity contribution in [1.82, 2.24) is 5.32 Å². The second-order valence-electron chi connectivity index (χ2n) is 6.53. The van der Waals surface area contributed by atoms with E-state index in [-0.39, 0.29) is 17.2 Å². The van der Waals surface area contributed by atoms with Crippen LogP contribution in [0.3, 0.4) is 0 Å². The summed E-state index contributed by atoms with van der Waals surface area (Å²) in [6.07, 6.45) is 4.59. The average Bonchev–Trinajstić information content (AvgIpc) is 2.45. The Morgan fingerprint density at radius 3 is 2.50 bits per heavy atom. The van der Waals surface area contributed by atoms with Crippen LogP contribution < -0.4 is 11.1 Å². The Morgan fingerprint density at radius 2 is 1.90 bits per heavy atom. The van der Waals surface area contributed by atoms with E-state index in [2.05, 4.69) is 19.2 Å². The molecule has 1 atom stereocenters. The maximum absolute atomic E-state index is 12.4. The van der Waals surface area contributed by atoms with Gasteiger partial charge in [0, 0.05) is 19.0 Å². The maximum Gasteiger partial charge on any atom is 0.223 e. The smallest absolute Gasteiger partial charge is 0.223 e. The fourth-order valence-corrected chi connectivity index (χ4v) is 3.09. The number of hydrogen-bond acceptors (Lipinski definition) is 2. The zero-order valence-corrected chi connectivity index (χ0v) is 12.6. The van der Waals surface area contributed by atoms with Gasteiger partial charge in [-0.1, -0.05) is 51.0 Å². The van der Waals surface area contributed by atoms with Crippen LogP contribution in [0.25, 0.3) is 0 Å². The van der Waals surface area contributed by atoms with Gasteiger partial charge >= 0.3 is 0 Å². The van der Waals surface area contributed by atoms with Crippen LogP contribution in [0.4, 0.5) is 0 Å². The van der Waals surface area contributed by atoms with Gasteiger partial charge in [0.2, 0.25) is 5.91 Å². The van der Waals surface area contributed by atoms with Crippen LogP contribution >= 0.6 is 0 Å². The highest BCUT2D eigenvalue weighted by molar-refractivity contribution is 5.79. The van der Waals surface area contributed by atoms with Gasteiger partial charge in [0.25, 0.3) is 0 Å². The number of benzene rings is 1. The predicted octanol–water partition coefficient (Wildman–Crippen LogP) is 2.98. The van der Waals surface area contributed by atoms with Crippen LogP contribution in [0.2, 0.25) is 0 Å². The maximum atomic E-state index is 12.4. The molecule has 1 aromatic carbocycles. The van der Waals surface area contributed by atoms with E-state index in [4.69, 9.17) is 5.73 Å². The summed E-state index contributed by atoms with van der Waals surface area (Å²) in [5, 5.41) is 3.09. The number of nitrogens with two attached hydrogens (primary N) is 1. The van der Waals surface area contributed by atoms with Crippen molar-refractivity contribution in [1.29, 1.82) is 0 Å². The molecule has 1 saturated carbocycles. The van der Waals surface area contributed by atoms with Crippen molar-refractivity contribution in [3.63, 3.8) is 0 Å². The second-order valence-corrected chi connectivity index (χ2v) is 6.53. The van der Waals surface area contributed by atoms with Crippen molar-refractivity contribution >= 4 is 5.91 Å². The first-order valence-electron chi connectivity index (χ1n) is 7.58. The van der Waals surface area contributed by atoms with Crippen molar-refractivity contribution in [3.05, 3.63) is 35.4 Å². The van der Waals surface area contributed by atoms with Crippen LogP contribution in [0, 0.1) is 11.3 Å². The summed E-state index contributed by atoms with van der Waals surface area (Å²) in [7, 11) is 0. The normalized spacial score (nSPS) is 21.4. The largest absolute Gasteiger partial charge is 0.352 e. The highest BCUT2D eigenvalue weighted by Crippen LogP contribution is 2.40. The number of carbonyl (C=O) groups is 1. The number of amides is 1. The second kappa shape index (κ2) is 6.40. The first kappa shape index (κ1) is 15.0. The summed E-state index contributed by atoms with van der Waals surface area (Å²) in [6, 6.07) is 8.11. The summed E-state index contributed by atoms with van der Waals surface area (Å²) in [5.41, 5.74) is 7.96. The van der Waals surface area contributed by atoms with Gasteiger partial charge in [-0.05, 0) is 29.4 Å². The molecular weight excluding hydrogens is 248 g/mol. The number of rotatable bonds is 4. The van der Waals surface area contributed by atoms with Crippen LogP contribution in [0.5, 0.6) is 0 Å². The third kappa shape index (κ3) is 3.60. The molecule has 0 saturated heterocycles. The van der Waals surface area contributed by atoms with E-state index in [0.29, 0.717) is 13.1 Å². The van der Waals surface area contributed by atoms with Gasteiger partial charge in [-0.3, -0.25) is 4.79 Å². The fourth-order valence-electron chi connectivity index (χ4n) is 3.09. The molecule has 3 nitrogen and oxygen atoms in total. The molecule has 0 radical (unpaired) electrons. The van der Waals surface area contributed by atoms with E-state index in [0.717, 1.165) is 24.0 Å². The summed E-state index contributed by atoms with van der Waals surface area (Å²) in [4.78, 5) is 12.4. The molecule has 1 amide bonds. The molecule has 3 N–H and O–H groups in total. The fraction of sp³-hybridized carbons (Fsp3) is 0.588. The Hall–Kier alpha value is -1.35. The van der Waals surface area contributed by atoms with Gasteiger partial charge in [-0.15, -0.1) is 0 Å². The summed E-state index contributed by atoms with van der Waals surface area (Å²) < 4.78 is 0. The summed E-state index contributed by atoms with van der Waals surface area (Å²) in [5.74, 6) is 0.358. The lowest BCUT2D eigenvalue weighted by atomic mass is 9.68. The topological polar surface area (TPSA) is 55.1 Å². The van der Waals surface area contributed by atoms with Gasteiger partial charge in [0.15, 0.2) is 0 Å². The quantitative estimate of drug-likeness (QED) is 0.887. The molecule has 0 aliphatic heterocycles. The van der Waals surface area contributed by atoms with Gasteiger partial charge in [0.05, 0.1) is 0 Å². The van der Waals surface area contributed by atoms with Gasteiger partial charge in [0.1, 0.15) is 0 Å². The Kier molecular flexibility index (Phi) is 4.81. The predicted molar refractivity (Wildman–Crippen MR) is 81.9 cm³/mol. The Labute approximate surface area is 121 Å². The third-order valence-electron chi connectivity index (χ3n) is 4.55. The zero-order chi connectivity index (χ0) is 14.6. The molecular formula is C17H26N2O. The highest BCUT2D eigenvalue weighted by atomic mass is 16.1. The Bertz CT molecular complexity index is 451. The SMILES string of the molecule is CC1(C)CCCCC1C(=O)NCc1ccc(CN)cc1. The van der Waals surface area contributed by atoms with E-state index in [9.17, 15) is 4.79 Å². The molecule has 20 heavy (non-hydrogen) atoms.